The lowest BCUT2D eigenvalue weighted by atomic mass is 9.91. The van der Waals surface area contributed by atoms with Gasteiger partial charge in [-0.25, -0.2) is 0 Å². The van der Waals surface area contributed by atoms with Crippen LogP contribution in [-0.4, -0.2) is 61.1 Å². The van der Waals surface area contributed by atoms with Crippen molar-refractivity contribution in [3.63, 3.8) is 0 Å². The van der Waals surface area contributed by atoms with Gasteiger partial charge >= 0.3 is 5.97 Å². The number of ether oxygens (including phenoxy) is 3. The van der Waals surface area contributed by atoms with Crippen LogP contribution in [0.15, 0.2) is 35.1 Å². The van der Waals surface area contributed by atoms with E-state index in [2.05, 4.69) is 4.90 Å². The number of hydrogen-bond donors (Lipinski definition) is 1. The molecule has 8 heteroatoms. The van der Waals surface area contributed by atoms with Crippen LogP contribution < -0.4 is 10.3 Å². The van der Waals surface area contributed by atoms with Gasteiger partial charge in [0.05, 0.1) is 37.8 Å². The Labute approximate surface area is 194 Å². The fourth-order valence-corrected chi connectivity index (χ4v) is 4.49. The summed E-state index contributed by atoms with van der Waals surface area (Å²) in [5.41, 5.74) is 1.64. The highest BCUT2D eigenvalue weighted by Crippen LogP contribution is 2.36. The molecule has 0 radical (unpaired) electrons. The van der Waals surface area contributed by atoms with Gasteiger partial charge in [-0.05, 0) is 63.5 Å². The van der Waals surface area contributed by atoms with E-state index in [-0.39, 0.29) is 23.2 Å². The van der Waals surface area contributed by atoms with E-state index < -0.39 is 6.04 Å². The molecule has 0 spiro atoms. The number of aromatic hydroxyl groups is 1. The standard InChI is InChI=1S/C25H34N2O6/c1-5-33-25(30)19-10-12-26(13-11-19)23(18-6-8-20(32-4)9-7-18)22-21(28)16-17(2)27(24(22)29)14-15-31-3/h6-9,16,19,23,28H,5,10-15H2,1-4H3/t23-/m1/s1. The Kier molecular flexibility index (Phi) is 8.52. The predicted octanol–water partition coefficient (Wildman–Crippen LogP) is 2.88. The van der Waals surface area contributed by atoms with Crippen LogP contribution in [0.2, 0.25) is 0 Å². The first-order chi connectivity index (χ1) is 15.9. The maximum Gasteiger partial charge on any atom is 0.309 e. The number of likely N-dealkylation sites (tertiary alicyclic amines) is 1. The van der Waals surface area contributed by atoms with Crippen molar-refractivity contribution in [2.24, 2.45) is 5.92 Å². The number of rotatable bonds is 9. The number of aryl methyl sites for hydroxylation is 1. The van der Waals surface area contributed by atoms with Crippen molar-refractivity contribution in [3.05, 3.63) is 57.5 Å². The first-order valence-corrected chi connectivity index (χ1v) is 11.4. The monoisotopic (exact) mass is 458 g/mol. The number of piperidine rings is 1. The lowest BCUT2D eigenvalue weighted by molar-refractivity contribution is -0.149. The minimum absolute atomic E-state index is 0.0282. The van der Waals surface area contributed by atoms with Gasteiger partial charge in [0.2, 0.25) is 0 Å². The molecular formula is C25H34N2O6. The Balaban J connectivity index is 2.02. The quantitative estimate of drug-likeness (QED) is 0.578. The molecule has 2 aromatic rings. The largest absolute Gasteiger partial charge is 0.507 e. The predicted molar refractivity (Wildman–Crippen MR) is 125 cm³/mol. The number of nitrogens with zero attached hydrogens (tertiary/aromatic N) is 2. The zero-order chi connectivity index (χ0) is 24.0. The van der Waals surface area contributed by atoms with E-state index in [0.29, 0.717) is 62.7 Å². The summed E-state index contributed by atoms with van der Waals surface area (Å²) in [6.07, 6.45) is 1.27. The molecule has 0 saturated carbocycles. The average molecular weight is 459 g/mol. The van der Waals surface area contributed by atoms with Gasteiger partial charge in [-0.15, -0.1) is 0 Å². The molecule has 1 fully saturated rings. The molecule has 0 unspecified atom stereocenters. The molecule has 1 aromatic heterocycles. The highest BCUT2D eigenvalue weighted by Gasteiger charge is 2.34. The van der Waals surface area contributed by atoms with E-state index >= 15 is 0 Å². The molecule has 1 atom stereocenters. The molecule has 8 nitrogen and oxygen atoms in total. The minimum atomic E-state index is -0.457. The second-order valence-corrected chi connectivity index (χ2v) is 8.27. The average Bonchev–Trinajstić information content (AvgIpc) is 2.82. The number of carbonyl (C=O) groups is 1. The van der Waals surface area contributed by atoms with Gasteiger partial charge in [0.15, 0.2) is 0 Å². The third-order valence-electron chi connectivity index (χ3n) is 6.26. The first kappa shape index (κ1) is 24.8. The third-order valence-corrected chi connectivity index (χ3v) is 6.26. The number of aromatic nitrogens is 1. The normalized spacial score (nSPS) is 15.9. The van der Waals surface area contributed by atoms with Crippen LogP contribution in [0, 0.1) is 12.8 Å². The number of esters is 1. The summed E-state index contributed by atoms with van der Waals surface area (Å²) in [5.74, 6) is 0.365. The zero-order valence-electron chi connectivity index (χ0n) is 19.9. The van der Waals surface area contributed by atoms with Crippen LogP contribution in [0.4, 0.5) is 0 Å². The highest BCUT2D eigenvalue weighted by atomic mass is 16.5. The molecule has 3 rings (SSSR count). The summed E-state index contributed by atoms with van der Waals surface area (Å²) < 4.78 is 17.3. The SMILES string of the molecule is CCOC(=O)C1CCN([C@H](c2ccc(OC)cc2)c2c(O)cc(C)n(CCOC)c2=O)CC1. The molecule has 2 heterocycles. The van der Waals surface area contributed by atoms with Crippen LogP contribution in [0.3, 0.4) is 0 Å². The van der Waals surface area contributed by atoms with Gasteiger partial charge in [-0.1, -0.05) is 12.1 Å². The first-order valence-electron chi connectivity index (χ1n) is 11.4. The lowest BCUT2D eigenvalue weighted by Gasteiger charge is -2.37. The number of methoxy groups -OCH3 is 2. The molecule has 33 heavy (non-hydrogen) atoms. The molecule has 1 N–H and O–H groups in total. The topological polar surface area (TPSA) is 90.2 Å². The summed E-state index contributed by atoms with van der Waals surface area (Å²) in [5, 5.41) is 10.9. The van der Waals surface area contributed by atoms with Crippen molar-refractivity contribution < 1.29 is 24.1 Å². The summed E-state index contributed by atoms with van der Waals surface area (Å²) in [4.78, 5) is 27.9. The second-order valence-electron chi connectivity index (χ2n) is 8.27. The van der Waals surface area contributed by atoms with Gasteiger partial charge in [0, 0.05) is 19.3 Å². The van der Waals surface area contributed by atoms with Crippen LogP contribution in [0.1, 0.15) is 42.6 Å². The molecule has 1 aliphatic rings. The van der Waals surface area contributed by atoms with Crippen molar-refractivity contribution in [1.82, 2.24) is 9.47 Å². The van der Waals surface area contributed by atoms with Crippen LogP contribution in [0.5, 0.6) is 11.5 Å². The molecule has 1 aliphatic heterocycles. The molecule has 0 aliphatic carbocycles. The molecule has 180 valence electrons. The Morgan fingerprint density at radius 2 is 1.85 bits per heavy atom. The number of hydrogen-bond acceptors (Lipinski definition) is 7. The van der Waals surface area contributed by atoms with E-state index in [1.165, 1.54) is 0 Å². The summed E-state index contributed by atoms with van der Waals surface area (Å²) in [7, 11) is 3.20. The number of carbonyl (C=O) groups excluding carboxylic acids is 1. The van der Waals surface area contributed by atoms with Crippen molar-refractivity contribution in [2.45, 2.75) is 39.3 Å². The van der Waals surface area contributed by atoms with Crippen LogP contribution in [0.25, 0.3) is 0 Å². The van der Waals surface area contributed by atoms with Gasteiger partial charge in [0.25, 0.3) is 5.56 Å². The van der Waals surface area contributed by atoms with Crippen molar-refractivity contribution >= 4 is 5.97 Å². The van der Waals surface area contributed by atoms with Gasteiger partial charge in [-0.3, -0.25) is 14.5 Å². The summed E-state index contributed by atoms with van der Waals surface area (Å²) >= 11 is 0. The van der Waals surface area contributed by atoms with Gasteiger partial charge in [0.1, 0.15) is 11.5 Å². The second kappa shape index (κ2) is 11.3. The van der Waals surface area contributed by atoms with Crippen LogP contribution >= 0.6 is 0 Å². The Morgan fingerprint density at radius 3 is 2.42 bits per heavy atom. The smallest absolute Gasteiger partial charge is 0.309 e. The summed E-state index contributed by atoms with van der Waals surface area (Å²) in [6.45, 7) is 5.97. The molecular weight excluding hydrogens is 424 g/mol. The van der Waals surface area contributed by atoms with E-state index in [4.69, 9.17) is 14.2 Å². The lowest BCUT2D eigenvalue weighted by Crippen LogP contribution is -2.42. The summed E-state index contributed by atoms with van der Waals surface area (Å²) in [6, 6.07) is 8.71. The van der Waals surface area contributed by atoms with E-state index in [9.17, 15) is 14.7 Å². The fraction of sp³-hybridized carbons (Fsp3) is 0.520. The fourth-order valence-electron chi connectivity index (χ4n) is 4.49. The van der Waals surface area contributed by atoms with E-state index in [1.807, 2.05) is 31.2 Å². The highest BCUT2D eigenvalue weighted by molar-refractivity contribution is 5.72. The Hall–Kier alpha value is -2.84. The van der Waals surface area contributed by atoms with Crippen molar-refractivity contribution in [1.29, 1.82) is 0 Å². The van der Waals surface area contributed by atoms with Gasteiger partial charge < -0.3 is 23.9 Å². The van der Waals surface area contributed by atoms with Crippen molar-refractivity contribution in [3.8, 4) is 11.5 Å². The third kappa shape index (κ3) is 5.57. The Bertz CT molecular complexity index is 993. The molecule has 0 amide bonds. The maximum atomic E-state index is 13.6. The van der Waals surface area contributed by atoms with Crippen LogP contribution in [-0.2, 0) is 20.8 Å². The van der Waals surface area contributed by atoms with E-state index in [0.717, 1.165) is 5.56 Å². The Morgan fingerprint density at radius 1 is 1.18 bits per heavy atom. The maximum absolute atomic E-state index is 13.6. The molecule has 0 bridgehead atoms. The number of pyridine rings is 1. The molecule has 1 aromatic carbocycles. The van der Waals surface area contributed by atoms with Crippen molar-refractivity contribution in [2.75, 3.05) is 40.5 Å². The zero-order valence-corrected chi connectivity index (χ0v) is 19.9. The van der Waals surface area contributed by atoms with Gasteiger partial charge in [-0.2, -0.15) is 0 Å². The number of benzene rings is 1. The van der Waals surface area contributed by atoms with E-state index in [1.54, 1.807) is 31.8 Å². The molecule has 1 saturated heterocycles. The minimum Gasteiger partial charge on any atom is -0.507 e.